The van der Waals surface area contributed by atoms with Crippen molar-refractivity contribution in [1.29, 1.82) is 0 Å². The number of nitrogens with zero attached hydrogens (tertiary/aromatic N) is 3. The lowest BCUT2D eigenvalue weighted by molar-refractivity contribution is 0.174. The van der Waals surface area contributed by atoms with Gasteiger partial charge in [0.05, 0.1) is 23.3 Å². The summed E-state index contributed by atoms with van der Waals surface area (Å²) in [5.41, 5.74) is 6.78. The van der Waals surface area contributed by atoms with Crippen LogP contribution in [0.5, 0.6) is 11.5 Å². The second-order valence-electron chi connectivity index (χ2n) is 7.42. The van der Waals surface area contributed by atoms with Crippen LogP contribution in [-0.2, 0) is 6.54 Å². The lowest BCUT2D eigenvalue weighted by atomic mass is 10.1. The second-order valence-corrected chi connectivity index (χ2v) is 7.42. The second kappa shape index (κ2) is 7.11. The average molecular weight is 418 g/mol. The van der Waals surface area contributed by atoms with Gasteiger partial charge in [0.1, 0.15) is 0 Å². The maximum absolute atomic E-state index is 5.54. The number of imidazole rings is 2. The molecule has 0 N–H and O–H groups in total. The van der Waals surface area contributed by atoms with Gasteiger partial charge in [-0.1, -0.05) is 42.0 Å². The van der Waals surface area contributed by atoms with Gasteiger partial charge in [-0.25, -0.2) is 4.98 Å². The first-order chi connectivity index (χ1) is 14.3. The van der Waals surface area contributed by atoms with E-state index in [0.29, 0.717) is 0 Å². The topological polar surface area (TPSA) is 40.7 Å². The van der Waals surface area contributed by atoms with Gasteiger partial charge in [0.15, 0.2) is 11.5 Å². The fraction of sp³-hybridized carbons (Fsp3) is 0.125. The molecule has 1 aliphatic heterocycles. The van der Waals surface area contributed by atoms with Crippen LogP contribution in [0, 0.1) is 6.92 Å². The van der Waals surface area contributed by atoms with E-state index in [1.54, 1.807) is 0 Å². The molecule has 150 valence electrons. The van der Waals surface area contributed by atoms with Crippen molar-refractivity contribution < 1.29 is 9.47 Å². The summed E-state index contributed by atoms with van der Waals surface area (Å²) < 4.78 is 15.4. The molecule has 30 heavy (non-hydrogen) atoms. The Morgan fingerprint density at radius 1 is 0.900 bits per heavy atom. The SMILES string of the molecule is Cc1ccc(Cn2c3ccccc3n3cc(-c4ccc5c(c4)OCO5)nc23)cc1.Cl. The normalized spacial score (nSPS) is 12.4. The molecule has 0 spiro atoms. The number of para-hydroxylation sites is 2. The van der Waals surface area contributed by atoms with Gasteiger partial charge in [0.2, 0.25) is 12.6 Å². The molecule has 0 amide bonds. The third-order valence-electron chi connectivity index (χ3n) is 5.49. The number of aromatic nitrogens is 3. The molecule has 0 saturated carbocycles. The molecule has 0 fully saturated rings. The van der Waals surface area contributed by atoms with Gasteiger partial charge in [-0.05, 0) is 42.8 Å². The van der Waals surface area contributed by atoms with Crippen LogP contribution >= 0.6 is 12.4 Å². The van der Waals surface area contributed by atoms with Crippen molar-refractivity contribution in [3.63, 3.8) is 0 Å². The summed E-state index contributed by atoms with van der Waals surface area (Å²) in [6.45, 7) is 3.16. The minimum Gasteiger partial charge on any atom is -0.454 e. The Morgan fingerprint density at radius 2 is 1.67 bits per heavy atom. The molecule has 0 aliphatic carbocycles. The number of benzene rings is 3. The summed E-state index contributed by atoms with van der Waals surface area (Å²) in [6, 6.07) is 23.1. The molecular formula is C24H20ClN3O2. The maximum Gasteiger partial charge on any atom is 0.231 e. The molecule has 3 aromatic carbocycles. The Labute approximate surface area is 179 Å². The zero-order chi connectivity index (χ0) is 19.4. The zero-order valence-corrected chi connectivity index (χ0v) is 17.2. The van der Waals surface area contributed by atoms with Crippen molar-refractivity contribution in [3.8, 4) is 22.8 Å². The predicted octanol–water partition coefficient (Wildman–Crippen LogP) is 5.46. The maximum atomic E-state index is 5.54. The fourth-order valence-electron chi connectivity index (χ4n) is 3.97. The zero-order valence-electron chi connectivity index (χ0n) is 16.4. The van der Waals surface area contributed by atoms with Crippen molar-refractivity contribution in [3.05, 3.63) is 84.1 Å². The quantitative estimate of drug-likeness (QED) is 0.391. The van der Waals surface area contributed by atoms with Crippen LogP contribution in [0.25, 0.3) is 28.1 Å². The molecule has 0 saturated heterocycles. The van der Waals surface area contributed by atoms with Gasteiger partial charge in [-0.3, -0.25) is 4.40 Å². The van der Waals surface area contributed by atoms with Crippen LogP contribution in [0.3, 0.4) is 0 Å². The van der Waals surface area contributed by atoms with Crippen molar-refractivity contribution in [2.24, 2.45) is 0 Å². The first-order valence-electron chi connectivity index (χ1n) is 9.68. The first kappa shape index (κ1) is 18.6. The van der Waals surface area contributed by atoms with Crippen LogP contribution in [-0.4, -0.2) is 20.7 Å². The minimum atomic E-state index is 0. The Hall–Kier alpha value is -3.44. The van der Waals surface area contributed by atoms with Crippen LogP contribution in [0.2, 0.25) is 0 Å². The molecule has 1 aliphatic rings. The molecule has 0 atom stereocenters. The summed E-state index contributed by atoms with van der Waals surface area (Å²) in [6.07, 6.45) is 2.10. The van der Waals surface area contributed by atoms with Gasteiger partial charge in [0, 0.05) is 11.8 Å². The van der Waals surface area contributed by atoms with Crippen molar-refractivity contribution in [2.45, 2.75) is 13.5 Å². The van der Waals surface area contributed by atoms with Crippen LogP contribution in [0.1, 0.15) is 11.1 Å². The van der Waals surface area contributed by atoms with Crippen molar-refractivity contribution in [2.75, 3.05) is 6.79 Å². The molecule has 2 aromatic heterocycles. The van der Waals surface area contributed by atoms with Gasteiger partial charge in [-0.15, -0.1) is 12.4 Å². The monoisotopic (exact) mass is 417 g/mol. The summed E-state index contributed by atoms with van der Waals surface area (Å²) in [5, 5.41) is 0. The number of ether oxygens (including phenoxy) is 2. The van der Waals surface area contributed by atoms with E-state index < -0.39 is 0 Å². The van der Waals surface area contributed by atoms with Crippen molar-refractivity contribution >= 4 is 29.2 Å². The predicted molar refractivity (Wildman–Crippen MR) is 120 cm³/mol. The average Bonchev–Trinajstić information content (AvgIpc) is 3.45. The smallest absolute Gasteiger partial charge is 0.231 e. The standard InChI is InChI=1S/C24H19N3O2.ClH/c1-16-6-8-17(9-7-16)13-26-20-4-2-3-5-21(20)27-14-19(25-24(26)27)18-10-11-22-23(12-18)29-15-28-22;/h2-12,14H,13,15H2,1H3;1H. The van der Waals surface area contributed by atoms with Crippen LogP contribution in [0.4, 0.5) is 0 Å². The number of hydrogen-bond donors (Lipinski definition) is 0. The van der Waals surface area contributed by atoms with E-state index in [2.05, 4.69) is 70.6 Å². The van der Waals surface area contributed by atoms with Crippen LogP contribution in [0.15, 0.2) is 72.9 Å². The lowest BCUT2D eigenvalue weighted by Gasteiger charge is -2.06. The third kappa shape index (κ3) is 2.90. The molecule has 5 aromatic rings. The summed E-state index contributed by atoms with van der Waals surface area (Å²) >= 11 is 0. The van der Waals surface area contributed by atoms with E-state index in [9.17, 15) is 0 Å². The molecule has 0 unspecified atom stereocenters. The Bertz CT molecular complexity index is 1370. The minimum absolute atomic E-state index is 0. The third-order valence-corrected chi connectivity index (χ3v) is 5.49. The van der Waals surface area contributed by atoms with Crippen molar-refractivity contribution in [1.82, 2.24) is 14.0 Å². The van der Waals surface area contributed by atoms with E-state index in [4.69, 9.17) is 14.5 Å². The molecule has 6 heteroatoms. The Morgan fingerprint density at radius 3 is 2.50 bits per heavy atom. The van der Waals surface area contributed by atoms with E-state index in [-0.39, 0.29) is 19.2 Å². The first-order valence-corrected chi connectivity index (χ1v) is 9.68. The van der Waals surface area contributed by atoms with Gasteiger partial charge < -0.3 is 14.0 Å². The molecule has 5 nitrogen and oxygen atoms in total. The fourth-order valence-corrected chi connectivity index (χ4v) is 3.97. The molecule has 0 radical (unpaired) electrons. The van der Waals surface area contributed by atoms with E-state index >= 15 is 0 Å². The highest BCUT2D eigenvalue weighted by atomic mass is 35.5. The largest absolute Gasteiger partial charge is 0.454 e. The lowest BCUT2D eigenvalue weighted by Crippen LogP contribution is -2.00. The number of rotatable bonds is 3. The van der Waals surface area contributed by atoms with Gasteiger partial charge in [0.25, 0.3) is 0 Å². The summed E-state index contributed by atoms with van der Waals surface area (Å²) in [7, 11) is 0. The Balaban J connectivity index is 0.00000193. The number of halogens is 1. The van der Waals surface area contributed by atoms with Crippen LogP contribution < -0.4 is 9.47 Å². The van der Waals surface area contributed by atoms with E-state index in [1.807, 2.05) is 18.2 Å². The number of fused-ring (bicyclic) bond motifs is 4. The van der Waals surface area contributed by atoms with Gasteiger partial charge in [-0.2, -0.15) is 0 Å². The summed E-state index contributed by atoms with van der Waals surface area (Å²) in [4.78, 5) is 4.99. The Kier molecular flexibility index (Phi) is 4.40. The number of aryl methyl sites for hydroxylation is 1. The summed E-state index contributed by atoms with van der Waals surface area (Å²) in [5.74, 6) is 2.49. The highest BCUT2D eigenvalue weighted by Crippen LogP contribution is 2.36. The molecule has 6 rings (SSSR count). The highest BCUT2D eigenvalue weighted by Gasteiger charge is 2.18. The molecule has 0 bridgehead atoms. The van der Waals surface area contributed by atoms with E-state index in [1.165, 1.54) is 16.6 Å². The molecular weight excluding hydrogens is 398 g/mol. The van der Waals surface area contributed by atoms with E-state index in [0.717, 1.165) is 40.6 Å². The molecule has 3 heterocycles. The van der Waals surface area contributed by atoms with Gasteiger partial charge >= 0.3 is 0 Å². The highest BCUT2D eigenvalue weighted by molar-refractivity contribution is 5.85. The number of hydrogen-bond acceptors (Lipinski definition) is 3.